The summed E-state index contributed by atoms with van der Waals surface area (Å²) in [5.74, 6) is 0.387. The Balaban J connectivity index is 0.000000140. The van der Waals surface area contributed by atoms with Crippen LogP contribution in [0, 0.1) is 23.3 Å². The molecular weight excluding hydrogens is 1650 g/mol. The van der Waals surface area contributed by atoms with Crippen molar-refractivity contribution in [3.05, 3.63) is 291 Å². The molecule has 17 rings (SSSR count). The number of nitrogens with zero attached hydrogens (tertiary/aromatic N) is 8. The molecule has 7 aromatic carbocycles. The van der Waals surface area contributed by atoms with Crippen LogP contribution in [0.1, 0.15) is 239 Å². The molecule has 26 nitrogen and oxygen atoms in total. The third kappa shape index (κ3) is 20.2. The van der Waals surface area contributed by atoms with E-state index >= 15 is 0 Å². The van der Waals surface area contributed by atoms with E-state index < -0.39 is 29.2 Å². The van der Waals surface area contributed by atoms with Crippen LogP contribution in [0.25, 0.3) is 54.5 Å². The zero-order valence-electron chi connectivity index (χ0n) is 73.2. The van der Waals surface area contributed by atoms with Gasteiger partial charge in [0.15, 0.2) is 35.8 Å². The summed E-state index contributed by atoms with van der Waals surface area (Å²) >= 11 is 0. The fraction of sp³-hybridized carbons (Fsp3) is 0.296. The molecule has 0 radical (unpaired) electrons. The molecule has 9 aromatic heterocycles. The van der Waals surface area contributed by atoms with Gasteiger partial charge in [0.25, 0.3) is 11.8 Å². The summed E-state index contributed by atoms with van der Waals surface area (Å²) < 4.78 is 105. The number of amides is 2. The molecule has 0 spiro atoms. The predicted molar refractivity (Wildman–Crippen MR) is 476 cm³/mol. The number of carbonyl (C=O) groups excluding carboxylic acids is 4. The number of benzene rings is 7. The summed E-state index contributed by atoms with van der Waals surface area (Å²) in [6.45, 7) is 21.8. The first-order valence-corrected chi connectivity index (χ1v) is 42.0. The van der Waals surface area contributed by atoms with Crippen molar-refractivity contribution in [2.75, 3.05) is 21.3 Å². The second-order valence-electron chi connectivity index (χ2n) is 32.3. The number of aldehydes is 2. The van der Waals surface area contributed by atoms with Crippen molar-refractivity contribution >= 4 is 84.9 Å². The molecule has 1 saturated carbocycles. The fourth-order valence-corrected chi connectivity index (χ4v) is 16.5. The molecule has 1 aliphatic carbocycles. The number of methoxy groups -OCH3 is 3. The van der Waals surface area contributed by atoms with Crippen molar-refractivity contribution in [2.45, 2.75) is 170 Å². The number of nitrogens with one attached hydrogen (secondary N) is 3. The third-order valence-corrected chi connectivity index (χ3v) is 22.2. The minimum absolute atomic E-state index is 0.00979. The summed E-state index contributed by atoms with van der Waals surface area (Å²) in [5.41, 5.74) is 12.2. The number of hydrogen-bond donors (Lipinski definition) is 5. The van der Waals surface area contributed by atoms with Gasteiger partial charge in [-0.3, -0.25) is 19.2 Å². The number of fused-ring (bicyclic) bond motifs is 5. The van der Waals surface area contributed by atoms with E-state index in [2.05, 4.69) is 72.4 Å². The van der Waals surface area contributed by atoms with Gasteiger partial charge in [-0.15, -0.1) is 0 Å². The number of aromatic hydroxyl groups is 1. The maximum atomic E-state index is 13.7. The SMILES string of the molecule is CC(C)c1c(C(=O)NCc2ccc(F)c(F)c2)c2ccc(O)cc2n1Cc1ncco1.CC(C)c1c(C(=O)NCc2ccc(F)c(F)c2)c2ccc(OC3CCCC3)cc2n1Cc1ncco1.COc1ccc2c(C(=O)O)c(C(C)C)n(Cc3ncco3)c2c1.COc1ccc2c(C=O)c(C(C)C)[nH]c2c1.COc1ccc2c(C=O)c(C(C)C)n(Cc3ncco3)c2c1. The highest BCUT2D eigenvalue weighted by molar-refractivity contribution is 6.11. The normalized spacial score (nSPS) is 12.1. The number of halogens is 4. The largest absolute Gasteiger partial charge is 0.508 e. The van der Waals surface area contributed by atoms with E-state index in [1.807, 2.05) is 111 Å². The molecule has 9 heterocycles. The lowest BCUT2D eigenvalue weighted by molar-refractivity contribution is 0.0695. The van der Waals surface area contributed by atoms with Crippen LogP contribution in [0.2, 0.25) is 0 Å². The van der Waals surface area contributed by atoms with E-state index in [9.17, 15) is 51.7 Å². The maximum Gasteiger partial charge on any atom is 0.338 e. The standard InChI is InChI=1S/C28H29F2N3O3.C23H21F2N3O3.C17H18N2O4.C17H18N2O3.C13H15NO2/c1-17(2)27-26(28(34)32-15-18-7-10-22(29)23(30)13-18)21-9-8-20(36-19-5-3-4-6-19)14-24(21)33(27)16-25-31-11-12-35-25;1-13(2)22-21(23(30)27-11-14-3-6-17(24)18(25)9-14)16-5-4-15(29)10-19(16)28(22)12-20-26-7-8-31-20;1-10(2)16-15(17(20)21)12-5-4-11(22-3)8-13(12)19(16)9-14-18-6-7-23-14;1-11(2)17-14(10-20)13-5-4-12(21-3)8-15(13)19(17)9-16-18-6-7-22-16;1-8(2)13-11(7-15)10-5-4-9(16-3)6-12(10)14-13/h7-14,17,19H,3-6,15-16H2,1-2H3,(H,32,34);3-10,13,29H,11-12H2,1-2H3,(H,27,30);4-8,10H,9H2,1-3H3,(H,20,21);4-8,10-11H,9H2,1-3H3;4-8,14H,1-3H3. The van der Waals surface area contributed by atoms with Gasteiger partial charge >= 0.3 is 5.97 Å². The molecule has 16 aromatic rings. The van der Waals surface area contributed by atoms with E-state index in [0.29, 0.717) is 99.0 Å². The first kappa shape index (κ1) is 91.3. The first-order valence-electron chi connectivity index (χ1n) is 42.0. The molecule has 128 heavy (non-hydrogen) atoms. The summed E-state index contributed by atoms with van der Waals surface area (Å²) in [4.78, 5) is 81.4. The molecule has 666 valence electrons. The van der Waals surface area contributed by atoms with Crippen molar-refractivity contribution in [3.63, 3.8) is 0 Å². The lowest BCUT2D eigenvalue weighted by atomic mass is 10.0. The minimum atomic E-state index is -0.965. The van der Waals surface area contributed by atoms with Crippen LogP contribution >= 0.6 is 0 Å². The molecular formula is C98H101F4N11O15. The van der Waals surface area contributed by atoms with Gasteiger partial charge in [0.2, 0.25) is 23.6 Å². The molecule has 0 aliphatic heterocycles. The van der Waals surface area contributed by atoms with Crippen LogP contribution in [0.15, 0.2) is 195 Å². The highest BCUT2D eigenvalue weighted by atomic mass is 19.2. The van der Waals surface area contributed by atoms with Crippen LogP contribution in [-0.4, -0.2) is 111 Å². The van der Waals surface area contributed by atoms with Gasteiger partial charge in [-0.2, -0.15) is 0 Å². The molecule has 0 saturated heterocycles. The number of oxazole rings is 4. The van der Waals surface area contributed by atoms with Gasteiger partial charge < -0.3 is 80.7 Å². The monoisotopic (exact) mass is 1750 g/mol. The van der Waals surface area contributed by atoms with Crippen LogP contribution in [0.4, 0.5) is 17.6 Å². The van der Waals surface area contributed by atoms with Gasteiger partial charge in [0, 0.05) is 110 Å². The number of H-pyrrole nitrogens is 1. The number of carboxylic acid groups (broad SMARTS) is 1. The second-order valence-corrected chi connectivity index (χ2v) is 32.3. The predicted octanol–water partition coefficient (Wildman–Crippen LogP) is 21.3. The number of ether oxygens (including phenoxy) is 4. The number of carboxylic acids is 1. The maximum absolute atomic E-state index is 13.7. The van der Waals surface area contributed by atoms with Crippen LogP contribution < -0.4 is 29.6 Å². The molecule has 30 heteroatoms. The Hall–Kier alpha value is -14.5. The lowest BCUT2D eigenvalue weighted by Gasteiger charge is -2.15. The topological polar surface area (TPSA) is 326 Å². The summed E-state index contributed by atoms with van der Waals surface area (Å²) in [6, 6.07) is 34.6. The first-order chi connectivity index (χ1) is 61.6. The number of aromatic nitrogens is 9. The van der Waals surface area contributed by atoms with Gasteiger partial charge in [-0.05, 0) is 151 Å². The Kier molecular flexibility index (Phi) is 29.0. The number of phenols is 1. The Morgan fingerprint density at radius 1 is 0.445 bits per heavy atom. The lowest BCUT2D eigenvalue weighted by Crippen LogP contribution is -2.24. The van der Waals surface area contributed by atoms with Crippen molar-refractivity contribution in [3.8, 4) is 28.7 Å². The van der Waals surface area contributed by atoms with Crippen LogP contribution in [0.3, 0.4) is 0 Å². The Labute approximate surface area is 734 Å². The summed E-state index contributed by atoms with van der Waals surface area (Å²) in [5, 5.41) is 29.4. The third-order valence-electron chi connectivity index (χ3n) is 22.2. The second kappa shape index (κ2) is 40.7. The molecule has 1 fully saturated rings. The smallest absolute Gasteiger partial charge is 0.338 e. The highest BCUT2D eigenvalue weighted by Crippen LogP contribution is 2.40. The van der Waals surface area contributed by atoms with E-state index in [4.69, 9.17) is 36.6 Å². The number of phenolic OH excluding ortho intramolecular Hbond substituents is 1. The number of rotatable bonds is 27. The van der Waals surface area contributed by atoms with Gasteiger partial charge in [0.05, 0.1) is 123 Å². The Bertz CT molecular complexity index is 6590. The molecule has 0 atom stereocenters. The molecule has 1 aliphatic rings. The summed E-state index contributed by atoms with van der Waals surface area (Å²) in [6.07, 6.45) is 18.9. The molecule has 5 N–H and O–H groups in total. The average Bonchev–Trinajstić information content (AvgIpc) is 1.61. The Morgan fingerprint density at radius 3 is 1.20 bits per heavy atom. The molecule has 0 unspecified atom stereocenters. The van der Waals surface area contributed by atoms with Crippen molar-refractivity contribution < 1.29 is 88.4 Å². The van der Waals surface area contributed by atoms with Crippen LogP contribution in [-0.2, 0) is 39.3 Å². The quantitative estimate of drug-likeness (QED) is 0.0236. The average molecular weight is 1750 g/mol. The number of aromatic amines is 1. The van der Waals surface area contributed by atoms with Crippen molar-refractivity contribution in [1.29, 1.82) is 0 Å². The highest BCUT2D eigenvalue weighted by Gasteiger charge is 2.31. The van der Waals surface area contributed by atoms with E-state index in [-0.39, 0.29) is 67.0 Å². The van der Waals surface area contributed by atoms with E-state index in [1.165, 1.54) is 49.8 Å². The van der Waals surface area contributed by atoms with E-state index in [1.54, 1.807) is 76.6 Å². The van der Waals surface area contributed by atoms with Gasteiger partial charge in [0.1, 0.15) is 53.8 Å². The molecule has 0 bridgehead atoms. The minimum Gasteiger partial charge on any atom is -0.508 e. The van der Waals surface area contributed by atoms with Crippen LogP contribution in [0.5, 0.6) is 28.7 Å². The zero-order valence-corrected chi connectivity index (χ0v) is 73.2. The zero-order chi connectivity index (χ0) is 91.3. The van der Waals surface area contributed by atoms with Gasteiger partial charge in [-0.1, -0.05) is 81.4 Å². The molecule has 2 amide bonds. The summed E-state index contributed by atoms with van der Waals surface area (Å²) in [7, 11) is 4.85. The van der Waals surface area contributed by atoms with E-state index in [0.717, 1.165) is 145 Å². The number of hydrogen-bond acceptors (Lipinski definition) is 18. The Morgan fingerprint density at radius 2 is 0.812 bits per heavy atom. The fourth-order valence-electron chi connectivity index (χ4n) is 16.5. The number of carbonyl (C=O) groups is 5. The number of aromatic carboxylic acids is 1. The van der Waals surface area contributed by atoms with Gasteiger partial charge in [-0.25, -0.2) is 42.3 Å². The van der Waals surface area contributed by atoms with Crippen molar-refractivity contribution in [2.24, 2.45) is 0 Å². The van der Waals surface area contributed by atoms with Crippen molar-refractivity contribution in [1.82, 2.24) is 53.8 Å².